The van der Waals surface area contributed by atoms with Gasteiger partial charge in [-0.15, -0.1) is 0 Å². The van der Waals surface area contributed by atoms with Crippen molar-refractivity contribution in [1.29, 1.82) is 0 Å². The summed E-state index contributed by atoms with van der Waals surface area (Å²) in [5, 5.41) is 2.27. The van der Waals surface area contributed by atoms with Crippen LogP contribution in [-0.4, -0.2) is 23.0 Å². The van der Waals surface area contributed by atoms with Crippen LogP contribution in [0.2, 0.25) is 0 Å². The number of Topliss-reactive ketones (excluding diaryl/α,β-unsaturated/α-hetero) is 1. The molecule has 1 aliphatic heterocycles. The summed E-state index contributed by atoms with van der Waals surface area (Å²) in [7, 11) is 0.350. The second-order valence-electron chi connectivity index (χ2n) is 4.82. The summed E-state index contributed by atoms with van der Waals surface area (Å²) in [5.41, 5.74) is 0.910. The molecule has 0 aromatic heterocycles. The summed E-state index contributed by atoms with van der Waals surface area (Å²) in [5.74, 6) is 3.61. The first-order valence-corrected chi connectivity index (χ1v) is 8.23. The van der Waals surface area contributed by atoms with Gasteiger partial charge < -0.3 is 17.0 Å². The van der Waals surface area contributed by atoms with Gasteiger partial charge in [-0.25, -0.2) is 0 Å². The lowest BCUT2D eigenvalue weighted by molar-refractivity contribution is -0.0000114. The minimum absolute atomic E-state index is 0. The molecule has 0 saturated carbocycles. The van der Waals surface area contributed by atoms with E-state index in [0.29, 0.717) is 16.7 Å². The van der Waals surface area contributed by atoms with E-state index in [4.69, 9.17) is 0 Å². The fourth-order valence-corrected chi connectivity index (χ4v) is 4.83. The SMILES string of the molecule is O=C(C[S+]1CCCC1)c1cccc2ccccc12.[Br-]. The maximum atomic E-state index is 12.4. The number of carbonyl (C=O) groups is 1. The molecule has 0 aliphatic carbocycles. The molecule has 0 bridgehead atoms. The van der Waals surface area contributed by atoms with Crippen LogP contribution < -0.4 is 17.0 Å². The molecule has 1 saturated heterocycles. The van der Waals surface area contributed by atoms with Gasteiger partial charge in [-0.1, -0.05) is 42.5 Å². The number of rotatable bonds is 3. The summed E-state index contributed by atoms with van der Waals surface area (Å²) < 4.78 is 0. The predicted octanol–water partition coefficient (Wildman–Crippen LogP) is 0.439. The summed E-state index contributed by atoms with van der Waals surface area (Å²) in [6.07, 6.45) is 2.62. The lowest BCUT2D eigenvalue weighted by atomic mass is 10.0. The van der Waals surface area contributed by atoms with Gasteiger partial charge in [0.1, 0.15) is 11.5 Å². The highest BCUT2D eigenvalue weighted by Gasteiger charge is 2.27. The fraction of sp³-hybridized carbons (Fsp3) is 0.312. The van der Waals surface area contributed by atoms with Crippen molar-refractivity contribution in [2.45, 2.75) is 12.8 Å². The Balaban J connectivity index is 0.00000133. The second-order valence-corrected chi connectivity index (χ2v) is 7.15. The second kappa shape index (κ2) is 6.58. The number of hydrogen-bond acceptors (Lipinski definition) is 1. The minimum Gasteiger partial charge on any atom is -1.00 e. The van der Waals surface area contributed by atoms with Crippen molar-refractivity contribution in [3.63, 3.8) is 0 Å². The van der Waals surface area contributed by atoms with Crippen LogP contribution in [0.4, 0.5) is 0 Å². The molecular formula is C16H17BrOS. The van der Waals surface area contributed by atoms with E-state index in [1.54, 1.807) is 0 Å². The highest BCUT2D eigenvalue weighted by Crippen LogP contribution is 2.21. The Labute approximate surface area is 127 Å². The molecule has 19 heavy (non-hydrogen) atoms. The van der Waals surface area contributed by atoms with E-state index in [0.717, 1.165) is 22.1 Å². The van der Waals surface area contributed by atoms with Gasteiger partial charge in [0, 0.05) is 5.56 Å². The molecule has 1 nitrogen and oxygen atoms in total. The zero-order valence-corrected chi connectivity index (χ0v) is 13.2. The number of carbonyl (C=O) groups excluding carboxylic acids is 1. The molecule has 1 aliphatic rings. The van der Waals surface area contributed by atoms with Crippen LogP contribution in [0.25, 0.3) is 10.8 Å². The summed E-state index contributed by atoms with van der Waals surface area (Å²) in [4.78, 5) is 12.4. The third-order valence-electron chi connectivity index (χ3n) is 3.54. The Hall–Kier alpha value is -0.800. The van der Waals surface area contributed by atoms with Gasteiger partial charge in [-0.05, 0) is 34.5 Å². The van der Waals surface area contributed by atoms with Crippen LogP contribution in [-0.2, 0) is 10.9 Å². The van der Waals surface area contributed by atoms with Crippen molar-refractivity contribution in [2.24, 2.45) is 0 Å². The Kier molecular flexibility index (Phi) is 5.06. The number of benzene rings is 2. The smallest absolute Gasteiger partial charge is 0.212 e. The number of hydrogen-bond donors (Lipinski definition) is 0. The lowest BCUT2D eigenvalue weighted by Crippen LogP contribution is -3.00. The van der Waals surface area contributed by atoms with Crippen LogP contribution in [0.15, 0.2) is 42.5 Å². The van der Waals surface area contributed by atoms with Crippen molar-refractivity contribution < 1.29 is 21.8 Å². The highest BCUT2D eigenvalue weighted by molar-refractivity contribution is 7.97. The van der Waals surface area contributed by atoms with E-state index >= 15 is 0 Å². The fourth-order valence-electron chi connectivity index (χ4n) is 2.59. The zero-order chi connectivity index (χ0) is 12.4. The maximum absolute atomic E-state index is 12.4. The molecule has 0 spiro atoms. The number of halogens is 1. The first-order chi connectivity index (χ1) is 8.84. The largest absolute Gasteiger partial charge is 1.00 e. The molecule has 0 atom stereocenters. The molecule has 1 heterocycles. The van der Waals surface area contributed by atoms with Crippen LogP contribution in [0, 0.1) is 0 Å². The van der Waals surface area contributed by atoms with Gasteiger partial charge in [-0.3, -0.25) is 4.79 Å². The van der Waals surface area contributed by atoms with Crippen LogP contribution in [0.5, 0.6) is 0 Å². The van der Waals surface area contributed by atoms with Crippen molar-refractivity contribution in [3.05, 3.63) is 48.0 Å². The minimum atomic E-state index is 0. The van der Waals surface area contributed by atoms with E-state index in [2.05, 4.69) is 18.2 Å². The third kappa shape index (κ3) is 3.21. The Morgan fingerprint density at radius 3 is 2.47 bits per heavy atom. The Bertz CT molecular complexity index is 570. The number of fused-ring (bicyclic) bond motifs is 1. The molecule has 0 radical (unpaired) electrons. The lowest BCUT2D eigenvalue weighted by Gasteiger charge is -2.05. The zero-order valence-electron chi connectivity index (χ0n) is 10.8. The van der Waals surface area contributed by atoms with Crippen LogP contribution >= 0.6 is 0 Å². The summed E-state index contributed by atoms with van der Waals surface area (Å²) >= 11 is 0. The molecule has 0 unspecified atom stereocenters. The Morgan fingerprint density at radius 2 is 1.68 bits per heavy atom. The Morgan fingerprint density at radius 1 is 1.00 bits per heavy atom. The van der Waals surface area contributed by atoms with Gasteiger partial charge in [0.25, 0.3) is 0 Å². The molecule has 2 aromatic carbocycles. The van der Waals surface area contributed by atoms with Gasteiger partial charge in [0.2, 0.25) is 5.78 Å². The molecular weight excluding hydrogens is 320 g/mol. The molecule has 0 amide bonds. The van der Waals surface area contributed by atoms with Crippen molar-refractivity contribution in [2.75, 3.05) is 17.3 Å². The van der Waals surface area contributed by atoms with E-state index < -0.39 is 0 Å². The van der Waals surface area contributed by atoms with Gasteiger partial charge in [0.05, 0.1) is 0 Å². The molecule has 100 valence electrons. The first-order valence-electron chi connectivity index (χ1n) is 6.50. The highest BCUT2D eigenvalue weighted by atomic mass is 79.9. The molecule has 3 rings (SSSR count). The normalized spacial score (nSPS) is 15.4. The van der Waals surface area contributed by atoms with E-state index in [9.17, 15) is 4.79 Å². The van der Waals surface area contributed by atoms with Gasteiger partial charge in [-0.2, -0.15) is 0 Å². The summed E-state index contributed by atoms with van der Waals surface area (Å²) in [6.45, 7) is 0. The van der Waals surface area contributed by atoms with Crippen molar-refractivity contribution in [1.82, 2.24) is 0 Å². The molecule has 2 aromatic rings. The van der Waals surface area contributed by atoms with E-state index in [1.165, 1.54) is 24.3 Å². The monoisotopic (exact) mass is 336 g/mol. The molecule has 1 fully saturated rings. The molecule has 3 heteroatoms. The first kappa shape index (κ1) is 14.6. The van der Waals surface area contributed by atoms with E-state index in [-0.39, 0.29) is 17.0 Å². The molecule has 0 N–H and O–H groups in total. The van der Waals surface area contributed by atoms with Gasteiger partial charge in [0.15, 0.2) is 5.75 Å². The van der Waals surface area contributed by atoms with E-state index in [1.807, 2.05) is 24.3 Å². The topological polar surface area (TPSA) is 17.1 Å². The van der Waals surface area contributed by atoms with Gasteiger partial charge >= 0.3 is 0 Å². The predicted molar refractivity (Wildman–Crippen MR) is 79.5 cm³/mol. The van der Waals surface area contributed by atoms with Crippen molar-refractivity contribution >= 4 is 27.5 Å². The summed E-state index contributed by atoms with van der Waals surface area (Å²) in [6, 6.07) is 14.2. The third-order valence-corrected chi connectivity index (χ3v) is 5.94. The van der Waals surface area contributed by atoms with Crippen LogP contribution in [0.3, 0.4) is 0 Å². The van der Waals surface area contributed by atoms with Crippen molar-refractivity contribution in [3.8, 4) is 0 Å². The standard InChI is InChI=1S/C16H17OS.BrH/c17-16(12-18-10-3-4-11-18)15-9-5-7-13-6-1-2-8-14(13)15;/h1-2,5-9H,3-4,10-12H2;1H/q+1;/p-1. The quantitative estimate of drug-likeness (QED) is 0.587. The van der Waals surface area contributed by atoms with Crippen LogP contribution in [0.1, 0.15) is 23.2 Å². The maximum Gasteiger partial charge on any atom is 0.212 e. The number of ketones is 1. The average Bonchev–Trinajstić information content (AvgIpc) is 2.91. The average molecular weight is 337 g/mol.